The van der Waals surface area contributed by atoms with Gasteiger partial charge >= 0.3 is 5.97 Å². The lowest BCUT2D eigenvalue weighted by Gasteiger charge is -2.24. The third-order valence-corrected chi connectivity index (χ3v) is 3.88. The highest BCUT2D eigenvalue weighted by atomic mass is 16.4. The third-order valence-electron chi connectivity index (χ3n) is 3.88. The van der Waals surface area contributed by atoms with Crippen molar-refractivity contribution in [1.29, 1.82) is 0 Å². The number of likely N-dealkylation sites (tertiary alicyclic amines) is 1. The van der Waals surface area contributed by atoms with Gasteiger partial charge in [0.25, 0.3) is 0 Å². The fraction of sp³-hybridized carbons (Fsp3) is 0.833. The van der Waals surface area contributed by atoms with Gasteiger partial charge in [0.15, 0.2) is 0 Å². The number of carboxylic acids is 1. The summed E-state index contributed by atoms with van der Waals surface area (Å²) in [4.78, 5) is 24.6. The fourth-order valence-electron chi connectivity index (χ4n) is 2.63. The molecule has 1 unspecified atom stereocenters. The summed E-state index contributed by atoms with van der Waals surface area (Å²) in [6, 6.07) is -0.0681. The smallest absolute Gasteiger partial charge is 0.305 e. The molecule has 90 valence electrons. The molecule has 0 spiro atoms. The summed E-state index contributed by atoms with van der Waals surface area (Å²) in [5.41, 5.74) is 0.132. The molecule has 1 saturated carbocycles. The van der Waals surface area contributed by atoms with Crippen LogP contribution in [0.25, 0.3) is 0 Å². The number of amides is 1. The van der Waals surface area contributed by atoms with Crippen LogP contribution in [0.15, 0.2) is 0 Å². The molecule has 2 atom stereocenters. The number of carboxylic acid groups (broad SMARTS) is 1. The second kappa shape index (κ2) is 3.75. The van der Waals surface area contributed by atoms with Crippen LogP contribution in [-0.4, -0.2) is 34.5 Å². The Kier molecular flexibility index (Phi) is 2.68. The molecule has 1 N–H and O–H groups in total. The first kappa shape index (κ1) is 11.4. The Morgan fingerprint density at radius 1 is 1.44 bits per heavy atom. The molecule has 0 bridgehead atoms. The van der Waals surface area contributed by atoms with Crippen LogP contribution in [0.5, 0.6) is 0 Å². The van der Waals surface area contributed by atoms with Crippen molar-refractivity contribution in [2.45, 2.75) is 45.6 Å². The zero-order valence-electron chi connectivity index (χ0n) is 9.90. The average molecular weight is 225 g/mol. The van der Waals surface area contributed by atoms with Crippen LogP contribution in [0.4, 0.5) is 0 Å². The minimum Gasteiger partial charge on any atom is -0.481 e. The van der Waals surface area contributed by atoms with E-state index in [1.807, 2.05) is 0 Å². The van der Waals surface area contributed by atoms with Crippen molar-refractivity contribution in [3.63, 3.8) is 0 Å². The molecular formula is C12H19NO3. The molecule has 1 saturated heterocycles. The molecule has 1 amide bonds. The van der Waals surface area contributed by atoms with Gasteiger partial charge in [-0.05, 0) is 24.7 Å². The highest BCUT2D eigenvalue weighted by molar-refractivity contribution is 5.83. The Hall–Kier alpha value is -1.06. The van der Waals surface area contributed by atoms with Crippen molar-refractivity contribution in [3.05, 3.63) is 0 Å². The topological polar surface area (TPSA) is 57.6 Å². The van der Waals surface area contributed by atoms with Crippen LogP contribution in [0.2, 0.25) is 0 Å². The van der Waals surface area contributed by atoms with Crippen LogP contribution in [-0.2, 0) is 9.59 Å². The predicted molar refractivity (Wildman–Crippen MR) is 58.9 cm³/mol. The Bertz CT molecular complexity index is 324. The molecule has 2 fully saturated rings. The Labute approximate surface area is 95.6 Å². The predicted octanol–water partition coefficient (Wildman–Crippen LogP) is 1.50. The number of hydrogen-bond acceptors (Lipinski definition) is 2. The van der Waals surface area contributed by atoms with Crippen molar-refractivity contribution in [2.24, 2.45) is 11.3 Å². The number of nitrogens with zero attached hydrogens (tertiary/aromatic N) is 1. The molecule has 0 aromatic heterocycles. The number of aliphatic carboxylic acids is 1. The number of rotatable bonds is 3. The van der Waals surface area contributed by atoms with E-state index in [-0.39, 0.29) is 29.7 Å². The lowest BCUT2D eigenvalue weighted by Crippen LogP contribution is -2.38. The molecular weight excluding hydrogens is 206 g/mol. The SMILES string of the molecule is CC1(C)C[C@@H]1C(=O)N1CCCC1CC(=O)O. The van der Waals surface area contributed by atoms with Crippen LogP contribution >= 0.6 is 0 Å². The first-order valence-corrected chi connectivity index (χ1v) is 5.94. The van der Waals surface area contributed by atoms with Gasteiger partial charge in [-0.15, -0.1) is 0 Å². The van der Waals surface area contributed by atoms with Gasteiger partial charge in [-0.1, -0.05) is 13.8 Å². The zero-order valence-corrected chi connectivity index (χ0v) is 9.90. The van der Waals surface area contributed by atoms with Crippen molar-refractivity contribution in [2.75, 3.05) is 6.54 Å². The van der Waals surface area contributed by atoms with E-state index in [2.05, 4.69) is 13.8 Å². The first-order valence-electron chi connectivity index (χ1n) is 5.94. The van der Waals surface area contributed by atoms with Crippen LogP contribution in [0.1, 0.15) is 39.5 Å². The Morgan fingerprint density at radius 3 is 2.56 bits per heavy atom. The minimum atomic E-state index is -0.806. The van der Waals surface area contributed by atoms with Gasteiger partial charge < -0.3 is 10.0 Å². The molecule has 0 radical (unpaired) electrons. The van der Waals surface area contributed by atoms with Crippen molar-refractivity contribution < 1.29 is 14.7 Å². The van der Waals surface area contributed by atoms with Crippen molar-refractivity contribution in [3.8, 4) is 0 Å². The van der Waals surface area contributed by atoms with E-state index < -0.39 is 5.97 Å². The average Bonchev–Trinajstić information content (AvgIpc) is 2.59. The monoisotopic (exact) mass is 225 g/mol. The second-order valence-electron chi connectivity index (χ2n) is 5.67. The van der Waals surface area contributed by atoms with Crippen LogP contribution in [0, 0.1) is 11.3 Å². The second-order valence-corrected chi connectivity index (χ2v) is 5.67. The largest absolute Gasteiger partial charge is 0.481 e. The summed E-state index contributed by atoms with van der Waals surface area (Å²) in [5, 5.41) is 8.79. The van der Waals surface area contributed by atoms with Gasteiger partial charge in [-0.25, -0.2) is 0 Å². The van der Waals surface area contributed by atoms with Crippen molar-refractivity contribution >= 4 is 11.9 Å². The highest BCUT2D eigenvalue weighted by Gasteiger charge is 2.53. The first-order chi connectivity index (χ1) is 7.42. The summed E-state index contributed by atoms with van der Waals surface area (Å²) < 4.78 is 0. The zero-order chi connectivity index (χ0) is 11.9. The minimum absolute atomic E-state index is 0.0681. The lowest BCUT2D eigenvalue weighted by atomic mass is 10.1. The summed E-state index contributed by atoms with van der Waals surface area (Å²) >= 11 is 0. The summed E-state index contributed by atoms with van der Waals surface area (Å²) in [5.74, 6) is -0.504. The van der Waals surface area contributed by atoms with E-state index in [1.54, 1.807) is 4.90 Å². The van der Waals surface area contributed by atoms with Gasteiger partial charge in [0.05, 0.1) is 6.42 Å². The molecule has 4 heteroatoms. The maximum atomic E-state index is 12.1. The maximum Gasteiger partial charge on any atom is 0.305 e. The van der Waals surface area contributed by atoms with E-state index in [4.69, 9.17) is 5.11 Å². The molecule has 2 rings (SSSR count). The molecule has 4 nitrogen and oxygen atoms in total. The lowest BCUT2D eigenvalue weighted by molar-refractivity contribution is -0.140. The molecule has 0 aromatic rings. The van der Waals surface area contributed by atoms with Crippen molar-refractivity contribution in [1.82, 2.24) is 4.90 Å². The van der Waals surface area contributed by atoms with Gasteiger partial charge in [-0.2, -0.15) is 0 Å². The number of hydrogen-bond donors (Lipinski definition) is 1. The Balaban J connectivity index is 1.98. The molecule has 16 heavy (non-hydrogen) atoms. The van der Waals surface area contributed by atoms with Crippen LogP contribution in [0.3, 0.4) is 0 Å². The van der Waals surface area contributed by atoms with Gasteiger partial charge in [0.2, 0.25) is 5.91 Å². The van der Waals surface area contributed by atoms with E-state index in [0.717, 1.165) is 25.8 Å². The molecule has 1 aliphatic carbocycles. The van der Waals surface area contributed by atoms with E-state index in [0.29, 0.717) is 0 Å². The van der Waals surface area contributed by atoms with E-state index in [9.17, 15) is 9.59 Å². The van der Waals surface area contributed by atoms with Gasteiger partial charge in [0.1, 0.15) is 0 Å². The van der Waals surface area contributed by atoms with E-state index in [1.165, 1.54) is 0 Å². The summed E-state index contributed by atoms with van der Waals surface area (Å²) in [7, 11) is 0. The van der Waals surface area contributed by atoms with Crippen LogP contribution < -0.4 is 0 Å². The summed E-state index contributed by atoms with van der Waals surface area (Å²) in [6.45, 7) is 4.93. The Morgan fingerprint density at radius 2 is 2.06 bits per heavy atom. The maximum absolute atomic E-state index is 12.1. The summed E-state index contributed by atoms with van der Waals surface area (Å²) in [6.07, 6.45) is 2.82. The highest BCUT2D eigenvalue weighted by Crippen LogP contribution is 2.53. The molecule has 1 aliphatic heterocycles. The quantitative estimate of drug-likeness (QED) is 0.791. The standard InChI is InChI=1S/C12H19NO3/c1-12(2)7-9(12)11(16)13-5-3-4-8(13)6-10(14)15/h8-9H,3-7H2,1-2H3,(H,14,15)/t8?,9-/m1/s1. The van der Waals surface area contributed by atoms with Gasteiger partial charge in [0, 0.05) is 18.5 Å². The molecule has 0 aromatic carbocycles. The fourth-order valence-corrected chi connectivity index (χ4v) is 2.63. The third kappa shape index (κ3) is 2.06. The normalized spacial score (nSPS) is 31.5. The molecule has 2 aliphatic rings. The number of carbonyl (C=O) groups is 2. The van der Waals surface area contributed by atoms with E-state index >= 15 is 0 Å². The van der Waals surface area contributed by atoms with Gasteiger partial charge in [-0.3, -0.25) is 9.59 Å². The molecule has 1 heterocycles. The number of carbonyl (C=O) groups excluding carboxylic acids is 1.